The van der Waals surface area contributed by atoms with Crippen LogP contribution in [0.3, 0.4) is 0 Å². The number of halogens is 1. The molecular formula is C7H11ClN4S. The minimum Gasteiger partial charge on any atom is -0.224 e. The first kappa shape index (κ1) is 9.27. The molecule has 0 spiro atoms. The number of tetrazole rings is 1. The molecule has 6 heteroatoms. The molecule has 0 radical (unpaired) electrons. The highest BCUT2D eigenvalue weighted by Crippen LogP contribution is 2.34. The normalized spacial score (nSPS) is 28.2. The molecule has 72 valence electrons. The van der Waals surface area contributed by atoms with Crippen LogP contribution >= 0.6 is 23.4 Å². The molecule has 1 aromatic heterocycles. The number of thioether (sulfide) groups is 1. The summed E-state index contributed by atoms with van der Waals surface area (Å²) in [5.74, 6) is 2.26. The van der Waals surface area contributed by atoms with Gasteiger partial charge in [0.05, 0.1) is 11.9 Å². The summed E-state index contributed by atoms with van der Waals surface area (Å²) in [7, 11) is 0. The summed E-state index contributed by atoms with van der Waals surface area (Å²) in [5.41, 5.74) is 0. The number of hydrogen-bond donors (Lipinski definition) is 0. The first-order valence-corrected chi connectivity index (χ1v) is 5.84. The Morgan fingerprint density at radius 1 is 1.69 bits per heavy atom. The van der Waals surface area contributed by atoms with Gasteiger partial charge in [0.2, 0.25) is 0 Å². The van der Waals surface area contributed by atoms with E-state index in [0.29, 0.717) is 17.2 Å². The first-order valence-electron chi connectivity index (χ1n) is 4.25. The van der Waals surface area contributed by atoms with E-state index in [4.69, 9.17) is 11.6 Å². The first-order chi connectivity index (χ1) is 6.31. The smallest absolute Gasteiger partial charge is 0.166 e. The molecule has 2 unspecified atom stereocenters. The second kappa shape index (κ2) is 3.84. The Bertz CT molecular complexity index is 290. The number of alkyl halides is 1. The number of nitrogens with zero attached hydrogens (tertiary/aromatic N) is 4. The second-order valence-corrected chi connectivity index (χ2v) is 4.95. The van der Waals surface area contributed by atoms with Gasteiger partial charge in [-0.05, 0) is 16.8 Å². The molecule has 0 bridgehead atoms. The van der Waals surface area contributed by atoms with Crippen molar-refractivity contribution in [3.8, 4) is 0 Å². The Hall–Kier alpha value is -0.290. The minimum atomic E-state index is 0.391. The highest BCUT2D eigenvalue weighted by atomic mass is 35.5. The van der Waals surface area contributed by atoms with Gasteiger partial charge in [-0.25, -0.2) is 4.68 Å². The Morgan fingerprint density at radius 3 is 3.15 bits per heavy atom. The predicted molar refractivity (Wildman–Crippen MR) is 52.9 cm³/mol. The predicted octanol–water partition coefficient (Wildman–Crippen LogP) is 1.48. The molecule has 0 N–H and O–H groups in total. The molecule has 1 fully saturated rings. The monoisotopic (exact) mass is 218 g/mol. The van der Waals surface area contributed by atoms with Crippen LogP contribution in [0.15, 0.2) is 0 Å². The van der Waals surface area contributed by atoms with Gasteiger partial charge >= 0.3 is 0 Å². The fraction of sp³-hybridized carbons (Fsp3) is 0.857. The van der Waals surface area contributed by atoms with E-state index in [1.807, 2.05) is 16.4 Å². The van der Waals surface area contributed by atoms with E-state index in [-0.39, 0.29) is 0 Å². The van der Waals surface area contributed by atoms with Gasteiger partial charge in [0.25, 0.3) is 0 Å². The van der Waals surface area contributed by atoms with E-state index < -0.39 is 0 Å². The van der Waals surface area contributed by atoms with Crippen molar-refractivity contribution >= 4 is 23.4 Å². The van der Waals surface area contributed by atoms with Gasteiger partial charge < -0.3 is 0 Å². The molecule has 1 aliphatic heterocycles. The maximum absolute atomic E-state index is 5.72. The topological polar surface area (TPSA) is 43.6 Å². The van der Waals surface area contributed by atoms with Crippen LogP contribution in [-0.4, -0.2) is 31.2 Å². The van der Waals surface area contributed by atoms with Crippen LogP contribution < -0.4 is 0 Å². The minimum absolute atomic E-state index is 0.391. The maximum Gasteiger partial charge on any atom is 0.166 e. The van der Waals surface area contributed by atoms with Crippen molar-refractivity contribution in [1.82, 2.24) is 20.2 Å². The zero-order chi connectivity index (χ0) is 9.26. The quantitative estimate of drug-likeness (QED) is 0.706. The third-order valence-electron chi connectivity index (χ3n) is 2.20. The third kappa shape index (κ3) is 1.81. The van der Waals surface area contributed by atoms with E-state index in [1.165, 1.54) is 0 Å². The number of hydrogen-bond acceptors (Lipinski definition) is 4. The van der Waals surface area contributed by atoms with Gasteiger partial charge in [0, 0.05) is 11.0 Å². The Morgan fingerprint density at radius 2 is 2.54 bits per heavy atom. The molecule has 2 rings (SSSR count). The number of aromatic nitrogens is 4. The average molecular weight is 219 g/mol. The molecular weight excluding hydrogens is 208 g/mol. The summed E-state index contributed by atoms with van der Waals surface area (Å²) in [6.45, 7) is 2.23. The summed E-state index contributed by atoms with van der Waals surface area (Å²) >= 11 is 7.68. The van der Waals surface area contributed by atoms with Crippen LogP contribution in [0.2, 0.25) is 0 Å². The summed E-state index contributed by atoms with van der Waals surface area (Å²) in [6.07, 6.45) is 1.14. The Balaban J connectivity index is 2.16. The summed E-state index contributed by atoms with van der Waals surface area (Å²) in [6, 6.07) is 0.434. The van der Waals surface area contributed by atoms with Gasteiger partial charge in [-0.3, -0.25) is 0 Å². The van der Waals surface area contributed by atoms with E-state index in [2.05, 4.69) is 22.4 Å². The lowest BCUT2D eigenvalue weighted by Crippen LogP contribution is -2.13. The molecule has 0 saturated carbocycles. The molecule has 4 nitrogen and oxygen atoms in total. The van der Waals surface area contributed by atoms with Gasteiger partial charge in [-0.15, -0.1) is 16.7 Å². The molecule has 13 heavy (non-hydrogen) atoms. The molecule has 1 aromatic rings. The van der Waals surface area contributed by atoms with Crippen molar-refractivity contribution in [1.29, 1.82) is 0 Å². The van der Waals surface area contributed by atoms with Crippen molar-refractivity contribution in [2.24, 2.45) is 0 Å². The van der Waals surface area contributed by atoms with Crippen LogP contribution in [0.1, 0.15) is 25.2 Å². The van der Waals surface area contributed by atoms with Crippen LogP contribution in [-0.2, 0) is 5.88 Å². The van der Waals surface area contributed by atoms with Gasteiger partial charge in [-0.1, -0.05) is 6.92 Å². The Kier molecular flexibility index (Phi) is 2.74. The van der Waals surface area contributed by atoms with Crippen LogP contribution in [0, 0.1) is 0 Å². The van der Waals surface area contributed by atoms with E-state index >= 15 is 0 Å². The van der Waals surface area contributed by atoms with Crippen molar-refractivity contribution in [2.75, 3.05) is 5.75 Å². The lowest BCUT2D eigenvalue weighted by atomic mass is 10.2. The molecule has 1 aliphatic rings. The van der Waals surface area contributed by atoms with Crippen molar-refractivity contribution in [3.63, 3.8) is 0 Å². The maximum atomic E-state index is 5.72. The van der Waals surface area contributed by atoms with Crippen molar-refractivity contribution in [3.05, 3.63) is 5.82 Å². The molecule has 0 aliphatic carbocycles. The SMILES string of the molecule is CC1CC(n2nnnc2CCl)CS1. The summed E-state index contributed by atoms with van der Waals surface area (Å²) in [5, 5.41) is 12.2. The Labute approximate surface area is 86.0 Å². The van der Waals surface area contributed by atoms with Gasteiger partial charge in [0.1, 0.15) is 0 Å². The van der Waals surface area contributed by atoms with Crippen molar-refractivity contribution in [2.45, 2.75) is 30.5 Å². The summed E-state index contributed by atoms with van der Waals surface area (Å²) < 4.78 is 1.86. The van der Waals surface area contributed by atoms with Gasteiger partial charge in [0.15, 0.2) is 5.82 Å². The van der Waals surface area contributed by atoms with E-state index in [1.54, 1.807) is 0 Å². The van der Waals surface area contributed by atoms with Crippen LogP contribution in [0.4, 0.5) is 0 Å². The fourth-order valence-electron chi connectivity index (χ4n) is 1.55. The largest absolute Gasteiger partial charge is 0.224 e. The molecule has 2 atom stereocenters. The lowest BCUT2D eigenvalue weighted by Gasteiger charge is -2.09. The molecule has 1 saturated heterocycles. The fourth-order valence-corrected chi connectivity index (χ4v) is 2.91. The van der Waals surface area contributed by atoms with Gasteiger partial charge in [-0.2, -0.15) is 11.8 Å². The average Bonchev–Trinajstić information content (AvgIpc) is 2.71. The standard InChI is InChI=1S/C7H11ClN4S/c1-5-2-6(4-13-5)12-7(3-8)9-10-11-12/h5-6H,2-4H2,1H3. The highest BCUT2D eigenvalue weighted by Gasteiger charge is 2.26. The molecule has 0 aromatic carbocycles. The highest BCUT2D eigenvalue weighted by molar-refractivity contribution is 8.00. The van der Waals surface area contributed by atoms with Crippen LogP contribution in [0.25, 0.3) is 0 Å². The zero-order valence-electron chi connectivity index (χ0n) is 7.35. The second-order valence-electron chi connectivity index (χ2n) is 3.21. The molecule has 2 heterocycles. The number of rotatable bonds is 2. The van der Waals surface area contributed by atoms with Crippen LogP contribution in [0.5, 0.6) is 0 Å². The van der Waals surface area contributed by atoms with E-state index in [0.717, 1.165) is 18.0 Å². The summed E-state index contributed by atoms with van der Waals surface area (Å²) in [4.78, 5) is 0. The van der Waals surface area contributed by atoms with Crippen molar-refractivity contribution < 1.29 is 0 Å². The third-order valence-corrected chi connectivity index (χ3v) is 3.78. The van der Waals surface area contributed by atoms with E-state index in [9.17, 15) is 0 Å². The molecule has 0 amide bonds. The lowest BCUT2D eigenvalue weighted by molar-refractivity contribution is 0.460. The zero-order valence-corrected chi connectivity index (χ0v) is 8.92.